The summed E-state index contributed by atoms with van der Waals surface area (Å²) < 4.78 is 67.4. The Morgan fingerprint density at radius 3 is 2.22 bits per heavy atom. The Kier molecular flexibility index (Phi) is 7.70. The fourth-order valence-electron chi connectivity index (χ4n) is 5.56. The molecule has 0 spiro atoms. The number of phosphoric acid groups is 2. The van der Waals surface area contributed by atoms with E-state index in [1.807, 2.05) is 0 Å². The number of anilines is 1. The van der Waals surface area contributed by atoms with E-state index in [-0.39, 0.29) is 28.3 Å². The van der Waals surface area contributed by atoms with Crippen LogP contribution in [0.15, 0.2) is 28.6 Å². The van der Waals surface area contributed by atoms with Gasteiger partial charge in [0.25, 0.3) is 11.1 Å². The summed E-state index contributed by atoms with van der Waals surface area (Å²) in [7, 11) is -8.89. The lowest BCUT2D eigenvalue weighted by molar-refractivity contribution is -0.0673. The van der Waals surface area contributed by atoms with Crippen LogP contribution in [0.25, 0.3) is 22.3 Å². The highest BCUT2D eigenvalue weighted by Crippen LogP contribution is 2.54. The molecule has 0 aliphatic carbocycles. The van der Waals surface area contributed by atoms with E-state index in [0.717, 1.165) is 19.0 Å². The molecule has 2 bridgehead atoms. The van der Waals surface area contributed by atoms with Crippen molar-refractivity contribution in [2.75, 3.05) is 26.1 Å². The summed E-state index contributed by atoms with van der Waals surface area (Å²) in [5.74, 6) is -0.257. The Morgan fingerprint density at radius 1 is 0.913 bits per heavy atom. The molecule has 7 heterocycles. The number of hydrogen-bond acceptors (Lipinski definition) is 17. The van der Waals surface area contributed by atoms with E-state index in [4.69, 9.17) is 38.0 Å². The van der Waals surface area contributed by atoms with Crippen LogP contribution in [-0.2, 0) is 41.4 Å². The summed E-state index contributed by atoms with van der Waals surface area (Å²) in [6.45, 7) is -1.52. The molecule has 23 nitrogen and oxygen atoms in total. The molecule has 4 aromatic heterocycles. The van der Waals surface area contributed by atoms with Crippen molar-refractivity contribution in [3.8, 4) is 0 Å². The van der Waals surface area contributed by atoms with Crippen LogP contribution in [0.3, 0.4) is 0 Å². The van der Waals surface area contributed by atoms with Crippen molar-refractivity contribution in [2.45, 2.75) is 49.1 Å². The smallest absolute Gasteiger partial charge is 0.386 e. The fourth-order valence-corrected chi connectivity index (χ4v) is 7.45. The summed E-state index contributed by atoms with van der Waals surface area (Å²) in [6.07, 6.45) is -8.28. The van der Waals surface area contributed by atoms with Crippen molar-refractivity contribution < 1.29 is 56.3 Å². The number of aromatic nitrogens is 8. The zero-order valence-electron chi connectivity index (χ0n) is 23.3. The van der Waals surface area contributed by atoms with Crippen LogP contribution >= 0.6 is 15.6 Å². The number of aliphatic hydroxyl groups excluding tert-OH is 1. The average Bonchev–Trinajstić information content (AvgIpc) is 3.75. The minimum Gasteiger partial charge on any atom is -0.386 e. The Labute approximate surface area is 254 Å². The number of hydrogen-bond donors (Lipinski definition) is 6. The van der Waals surface area contributed by atoms with Crippen LogP contribution in [0, 0.1) is 0 Å². The highest BCUT2D eigenvalue weighted by molar-refractivity contribution is 7.47. The van der Waals surface area contributed by atoms with E-state index in [9.17, 15) is 33.6 Å². The predicted molar refractivity (Wildman–Crippen MR) is 147 cm³/mol. The van der Waals surface area contributed by atoms with Crippen molar-refractivity contribution in [3.05, 3.63) is 39.7 Å². The number of fused-ring (bicyclic) bond motifs is 5. The van der Waals surface area contributed by atoms with Gasteiger partial charge in [0.2, 0.25) is 5.95 Å². The molecule has 46 heavy (non-hydrogen) atoms. The maximum absolute atomic E-state index is 13.3. The van der Waals surface area contributed by atoms with Gasteiger partial charge in [-0.25, -0.2) is 24.1 Å². The van der Waals surface area contributed by atoms with Gasteiger partial charge in [0.15, 0.2) is 34.8 Å². The second-order valence-corrected chi connectivity index (χ2v) is 13.1. The molecule has 0 amide bonds. The summed E-state index contributed by atoms with van der Waals surface area (Å²) in [5.41, 5.74) is 4.14. The molecule has 25 heteroatoms. The van der Waals surface area contributed by atoms with Crippen LogP contribution in [-0.4, -0.2) is 111 Å². The van der Waals surface area contributed by atoms with Gasteiger partial charge in [-0.1, -0.05) is 0 Å². The normalized spacial score (nSPS) is 37.1. The van der Waals surface area contributed by atoms with Crippen molar-refractivity contribution >= 4 is 43.9 Å². The van der Waals surface area contributed by atoms with Crippen LogP contribution in [0.1, 0.15) is 12.5 Å². The number of methoxy groups -OCH3 is 1. The van der Waals surface area contributed by atoms with Gasteiger partial charge in [0.1, 0.15) is 36.6 Å². The SMILES string of the molecule is CO[C@H]1[C@H]2OP(=O)(O)OC[C@H]3O[C@@H](n4cnc5c(=O)[nH]cnc54)[C@H](O)[C@@H]3OP(=O)(O)OC[C@H]1O[C@H]2n1cnc2c(=O)[nH]c(N)nc21. The summed E-state index contributed by atoms with van der Waals surface area (Å²) >= 11 is 0. The molecular formula is C21H25N9O14P2. The lowest BCUT2D eigenvalue weighted by atomic mass is 10.1. The lowest BCUT2D eigenvalue weighted by Gasteiger charge is -2.26. The second-order valence-electron chi connectivity index (χ2n) is 10.3. The van der Waals surface area contributed by atoms with Crippen molar-refractivity contribution in [1.82, 2.24) is 39.0 Å². The van der Waals surface area contributed by atoms with E-state index < -0.39 is 89.1 Å². The molecule has 3 saturated heterocycles. The van der Waals surface area contributed by atoms with Gasteiger partial charge in [-0.15, -0.1) is 0 Å². The molecular weight excluding hydrogens is 664 g/mol. The van der Waals surface area contributed by atoms with E-state index in [1.54, 1.807) is 0 Å². The number of nitrogens with two attached hydrogens (primary N) is 1. The molecule has 10 atom stereocenters. The Balaban J connectivity index is 1.22. The van der Waals surface area contributed by atoms with Crippen LogP contribution in [0.2, 0.25) is 0 Å². The third kappa shape index (κ3) is 5.39. The van der Waals surface area contributed by atoms with Gasteiger partial charge in [0, 0.05) is 7.11 Å². The molecule has 7 rings (SSSR count). The number of ether oxygens (including phenoxy) is 3. The first-order chi connectivity index (χ1) is 21.9. The first-order valence-electron chi connectivity index (χ1n) is 13.3. The highest BCUT2D eigenvalue weighted by Gasteiger charge is 2.54. The summed E-state index contributed by atoms with van der Waals surface area (Å²) in [5, 5.41) is 11.1. The number of aliphatic hydroxyl groups is 1. The van der Waals surface area contributed by atoms with E-state index in [0.29, 0.717) is 0 Å². The Bertz CT molecular complexity index is 2010. The zero-order valence-corrected chi connectivity index (χ0v) is 25.0. The summed E-state index contributed by atoms with van der Waals surface area (Å²) in [6, 6.07) is 0. The minimum atomic E-state index is -5.07. The minimum absolute atomic E-state index is 0.00208. The fraction of sp³-hybridized carbons (Fsp3) is 0.524. The second kappa shape index (κ2) is 11.4. The standard InChI is InChI=1S/C21H25N9O14P2/c1-38-13-8-3-40-45(34,35)43-12-7(41-19(11(12)31)29-5-25-9-15(29)23-4-24-17(9)32)2-39-46(36,37)44-14(13)20(42-8)30-6-26-10-16(30)27-21(22)28-18(10)33/h4-8,11-14,19-20,31H,2-3H2,1H3,(H,34,35)(H,36,37)(H,23,24,32)(H3,22,27,28,33)/t7-,8-,11-,12-,13-,14-,19-,20-/m1/s1. The maximum Gasteiger partial charge on any atom is 0.472 e. The van der Waals surface area contributed by atoms with E-state index >= 15 is 0 Å². The number of rotatable bonds is 3. The number of nitrogens with zero attached hydrogens (tertiary/aromatic N) is 6. The van der Waals surface area contributed by atoms with Gasteiger partial charge in [-0.3, -0.25) is 41.8 Å². The topological polar surface area (TPSA) is 313 Å². The first-order valence-corrected chi connectivity index (χ1v) is 16.3. The molecule has 0 radical (unpaired) electrons. The van der Waals surface area contributed by atoms with E-state index in [2.05, 4.69) is 29.9 Å². The van der Waals surface area contributed by atoms with Crippen LogP contribution in [0.5, 0.6) is 0 Å². The molecule has 4 aromatic rings. The molecule has 3 aliphatic heterocycles. The Morgan fingerprint density at radius 2 is 1.52 bits per heavy atom. The maximum atomic E-state index is 13.3. The van der Waals surface area contributed by atoms with Crippen molar-refractivity contribution in [2.24, 2.45) is 0 Å². The number of nitrogen functional groups attached to an aromatic ring is 1. The zero-order chi connectivity index (χ0) is 32.5. The Hall–Kier alpha value is -3.44. The predicted octanol–water partition coefficient (Wildman–Crippen LogP) is -1.98. The van der Waals surface area contributed by atoms with Gasteiger partial charge < -0.3 is 39.8 Å². The van der Waals surface area contributed by atoms with Crippen molar-refractivity contribution in [3.63, 3.8) is 0 Å². The number of aromatic amines is 2. The third-order valence-corrected chi connectivity index (χ3v) is 9.52. The monoisotopic (exact) mass is 689 g/mol. The third-order valence-electron chi connectivity index (χ3n) is 7.54. The van der Waals surface area contributed by atoms with E-state index in [1.165, 1.54) is 16.2 Å². The largest absolute Gasteiger partial charge is 0.472 e. The quantitative estimate of drug-likeness (QED) is 0.127. The molecule has 3 fully saturated rings. The molecule has 248 valence electrons. The number of imidazole rings is 2. The highest BCUT2D eigenvalue weighted by atomic mass is 31.2. The van der Waals surface area contributed by atoms with Crippen molar-refractivity contribution in [1.29, 1.82) is 0 Å². The first kappa shape index (κ1) is 31.2. The average molecular weight is 689 g/mol. The molecule has 3 aliphatic rings. The molecule has 2 unspecified atom stereocenters. The van der Waals surface area contributed by atoms with Gasteiger partial charge >= 0.3 is 15.6 Å². The van der Waals surface area contributed by atoms with Gasteiger partial charge in [0.05, 0.1) is 32.2 Å². The van der Waals surface area contributed by atoms with Crippen LogP contribution < -0.4 is 16.9 Å². The molecule has 0 aromatic carbocycles. The lowest BCUT2D eigenvalue weighted by Crippen LogP contribution is -2.37. The molecule has 0 saturated carbocycles. The number of phosphoric ester groups is 2. The number of H-pyrrole nitrogens is 2. The summed E-state index contributed by atoms with van der Waals surface area (Å²) in [4.78, 5) is 66.7. The van der Waals surface area contributed by atoms with Gasteiger partial charge in [-0.05, 0) is 0 Å². The van der Waals surface area contributed by atoms with Gasteiger partial charge in [-0.2, -0.15) is 4.98 Å². The molecule has 7 N–H and O–H groups in total. The number of nitrogens with one attached hydrogen (secondary N) is 2. The van der Waals surface area contributed by atoms with Crippen LogP contribution in [0.4, 0.5) is 5.95 Å².